The van der Waals surface area contributed by atoms with Crippen molar-refractivity contribution in [2.45, 2.75) is 18.9 Å². The van der Waals surface area contributed by atoms with Crippen molar-refractivity contribution in [3.8, 4) is 5.75 Å². The van der Waals surface area contributed by atoms with E-state index in [9.17, 15) is 4.79 Å². The molecule has 1 saturated carbocycles. The fraction of sp³-hybridized carbons (Fsp3) is 0.188. The molecule has 1 aliphatic carbocycles. The molecule has 3 nitrogen and oxygen atoms in total. The van der Waals surface area contributed by atoms with Crippen molar-refractivity contribution in [2.24, 2.45) is 0 Å². The number of anilines is 1. The van der Waals surface area contributed by atoms with Crippen LogP contribution >= 0.6 is 23.2 Å². The quantitative estimate of drug-likeness (QED) is 0.672. The molecule has 1 fully saturated rings. The molecule has 0 aliphatic heterocycles. The Balaban J connectivity index is 1.90. The molecule has 2 aromatic rings. The largest absolute Gasteiger partial charge is 0.490 e. The lowest BCUT2D eigenvalue weighted by Gasteiger charge is -2.08. The molecule has 0 atom stereocenters. The normalized spacial score (nSPS) is 14.0. The Labute approximate surface area is 132 Å². The maximum Gasteiger partial charge on any atom is 0.193 e. The van der Waals surface area contributed by atoms with Gasteiger partial charge in [-0.15, -0.1) is 0 Å². The Bertz CT molecular complexity index is 688. The van der Waals surface area contributed by atoms with Gasteiger partial charge in [0.2, 0.25) is 0 Å². The number of ether oxygens (including phenoxy) is 1. The molecular weight excluding hydrogens is 309 g/mol. The molecule has 0 spiro atoms. The number of ketones is 1. The van der Waals surface area contributed by atoms with Gasteiger partial charge in [-0.2, -0.15) is 0 Å². The molecule has 3 rings (SSSR count). The number of carbonyl (C=O) groups excluding carboxylic acids is 1. The van der Waals surface area contributed by atoms with Crippen molar-refractivity contribution in [3.05, 3.63) is 57.6 Å². The summed E-state index contributed by atoms with van der Waals surface area (Å²) in [6.45, 7) is 0. The van der Waals surface area contributed by atoms with Gasteiger partial charge in [-0.25, -0.2) is 0 Å². The first-order valence-electron chi connectivity index (χ1n) is 6.60. The van der Waals surface area contributed by atoms with Gasteiger partial charge in [0.05, 0.1) is 21.8 Å². The molecule has 0 radical (unpaired) electrons. The van der Waals surface area contributed by atoms with E-state index in [1.807, 2.05) is 6.07 Å². The second-order valence-electron chi connectivity index (χ2n) is 5.03. The van der Waals surface area contributed by atoms with Crippen LogP contribution in [0.15, 0.2) is 36.4 Å². The van der Waals surface area contributed by atoms with Gasteiger partial charge in [0.1, 0.15) is 5.75 Å². The Morgan fingerprint density at radius 2 is 1.76 bits per heavy atom. The van der Waals surface area contributed by atoms with Gasteiger partial charge in [0.15, 0.2) is 5.78 Å². The predicted octanol–water partition coefficient (Wildman–Crippen LogP) is 4.35. The second kappa shape index (κ2) is 5.58. The third-order valence-electron chi connectivity index (χ3n) is 3.26. The van der Waals surface area contributed by atoms with Crippen LogP contribution in [0.2, 0.25) is 10.0 Å². The fourth-order valence-corrected chi connectivity index (χ4v) is 2.46. The second-order valence-corrected chi connectivity index (χ2v) is 5.84. The molecule has 21 heavy (non-hydrogen) atoms. The SMILES string of the molecule is Nc1c(Cl)cc(C(=O)c2cccc(OC3CC3)c2)cc1Cl. The van der Waals surface area contributed by atoms with Gasteiger partial charge in [0.25, 0.3) is 0 Å². The topological polar surface area (TPSA) is 52.3 Å². The van der Waals surface area contributed by atoms with Crippen molar-refractivity contribution in [1.29, 1.82) is 0 Å². The summed E-state index contributed by atoms with van der Waals surface area (Å²) in [5.41, 5.74) is 6.90. The van der Waals surface area contributed by atoms with Crippen LogP contribution in [0, 0.1) is 0 Å². The van der Waals surface area contributed by atoms with E-state index >= 15 is 0 Å². The fourth-order valence-electron chi connectivity index (χ4n) is 1.97. The van der Waals surface area contributed by atoms with Crippen LogP contribution in [0.4, 0.5) is 5.69 Å². The number of nitrogens with two attached hydrogens (primary N) is 1. The van der Waals surface area contributed by atoms with Crippen LogP contribution in [0.25, 0.3) is 0 Å². The Kier molecular flexibility index (Phi) is 3.79. The minimum absolute atomic E-state index is 0.167. The third-order valence-corrected chi connectivity index (χ3v) is 3.89. The molecule has 0 saturated heterocycles. The van der Waals surface area contributed by atoms with Crippen LogP contribution in [-0.4, -0.2) is 11.9 Å². The van der Waals surface area contributed by atoms with Gasteiger partial charge in [-0.3, -0.25) is 4.79 Å². The summed E-state index contributed by atoms with van der Waals surface area (Å²) < 4.78 is 5.69. The summed E-state index contributed by atoms with van der Waals surface area (Å²) in [5, 5.41) is 0.549. The van der Waals surface area contributed by atoms with Crippen molar-refractivity contribution >= 4 is 34.7 Å². The van der Waals surface area contributed by atoms with Gasteiger partial charge in [-0.05, 0) is 37.1 Å². The van der Waals surface area contributed by atoms with Crippen molar-refractivity contribution in [1.82, 2.24) is 0 Å². The molecule has 2 N–H and O–H groups in total. The minimum atomic E-state index is -0.167. The lowest BCUT2D eigenvalue weighted by Crippen LogP contribution is -2.04. The molecule has 0 heterocycles. The predicted molar refractivity (Wildman–Crippen MR) is 84.4 cm³/mol. The summed E-state index contributed by atoms with van der Waals surface area (Å²) in [6.07, 6.45) is 2.43. The van der Waals surface area contributed by atoms with E-state index in [-0.39, 0.29) is 27.6 Å². The van der Waals surface area contributed by atoms with Crippen molar-refractivity contribution in [2.75, 3.05) is 5.73 Å². The Morgan fingerprint density at radius 1 is 1.10 bits per heavy atom. The Morgan fingerprint density at radius 3 is 2.38 bits per heavy atom. The number of nitrogen functional groups attached to an aromatic ring is 1. The van der Waals surface area contributed by atoms with E-state index < -0.39 is 0 Å². The smallest absolute Gasteiger partial charge is 0.193 e. The molecule has 0 bridgehead atoms. The van der Waals surface area contributed by atoms with E-state index in [2.05, 4.69) is 0 Å². The summed E-state index contributed by atoms with van der Waals surface area (Å²) in [6, 6.07) is 10.2. The highest BCUT2D eigenvalue weighted by Crippen LogP contribution is 2.31. The van der Waals surface area contributed by atoms with Gasteiger partial charge < -0.3 is 10.5 Å². The van der Waals surface area contributed by atoms with Gasteiger partial charge >= 0.3 is 0 Å². The third kappa shape index (κ3) is 3.14. The number of halogens is 2. The highest BCUT2D eigenvalue weighted by molar-refractivity contribution is 6.39. The van der Waals surface area contributed by atoms with Gasteiger partial charge in [0, 0.05) is 11.1 Å². The zero-order valence-electron chi connectivity index (χ0n) is 11.1. The molecule has 0 unspecified atom stereocenters. The molecule has 2 aromatic carbocycles. The number of hydrogen-bond donors (Lipinski definition) is 1. The van der Waals surface area contributed by atoms with Crippen molar-refractivity contribution < 1.29 is 9.53 Å². The highest BCUT2D eigenvalue weighted by Gasteiger charge is 2.23. The zero-order valence-corrected chi connectivity index (χ0v) is 12.6. The first-order chi connectivity index (χ1) is 10.0. The van der Waals surface area contributed by atoms with Crippen LogP contribution in [0.1, 0.15) is 28.8 Å². The van der Waals surface area contributed by atoms with E-state index in [0.29, 0.717) is 16.9 Å². The number of benzene rings is 2. The average molecular weight is 322 g/mol. The summed E-state index contributed by atoms with van der Waals surface area (Å²) in [4.78, 5) is 12.5. The highest BCUT2D eigenvalue weighted by atomic mass is 35.5. The zero-order chi connectivity index (χ0) is 15.0. The standard InChI is InChI=1S/C16H13Cl2NO2/c17-13-7-10(8-14(18)15(13)19)16(20)9-2-1-3-12(6-9)21-11-4-5-11/h1-3,6-8,11H,4-5,19H2. The van der Waals surface area contributed by atoms with Crippen LogP contribution in [-0.2, 0) is 0 Å². The maximum atomic E-state index is 12.5. The van der Waals surface area contributed by atoms with Crippen molar-refractivity contribution in [3.63, 3.8) is 0 Å². The minimum Gasteiger partial charge on any atom is -0.490 e. The van der Waals surface area contributed by atoms with Crippen LogP contribution in [0.3, 0.4) is 0 Å². The number of carbonyl (C=O) groups is 1. The van der Waals surface area contributed by atoms with Gasteiger partial charge in [-0.1, -0.05) is 35.3 Å². The summed E-state index contributed by atoms with van der Waals surface area (Å²) >= 11 is 11.9. The monoisotopic (exact) mass is 321 g/mol. The molecule has 1 aliphatic rings. The maximum absolute atomic E-state index is 12.5. The molecule has 5 heteroatoms. The van der Waals surface area contributed by atoms with E-state index in [1.54, 1.807) is 18.2 Å². The average Bonchev–Trinajstić information content (AvgIpc) is 3.27. The first-order valence-corrected chi connectivity index (χ1v) is 7.36. The molecule has 0 aromatic heterocycles. The number of rotatable bonds is 4. The van der Waals surface area contributed by atoms with Crippen LogP contribution in [0.5, 0.6) is 5.75 Å². The molecular formula is C16H13Cl2NO2. The Hall–Kier alpha value is -1.71. The first kappa shape index (κ1) is 14.2. The lowest BCUT2D eigenvalue weighted by molar-refractivity contribution is 0.103. The molecule has 108 valence electrons. The number of hydrogen-bond acceptors (Lipinski definition) is 3. The van der Waals surface area contributed by atoms with E-state index in [1.165, 1.54) is 12.1 Å². The molecule has 0 amide bonds. The van der Waals surface area contributed by atoms with Crippen LogP contribution < -0.4 is 10.5 Å². The lowest BCUT2D eigenvalue weighted by atomic mass is 10.0. The van der Waals surface area contributed by atoms with E-state index in [0.717, 1.165) is 12.8 Å². The summed E-state index contributed by atoms with van der Waals surface area (Å²) in [7, 11) is 0. The summed E-state index contributed by atoms with van der Waals surface area (Å²) in [5.74, 6) is 0.538. The van der Waals surface area contributed by atoms with E-state index in [4.69, 9.17) is 33.7 Å².